The van der Waals surface area contributed by atoms with Gasteiger partial charge in [-0.15, -0.1) is 0 Å². The number of nitrogens with one attached hydrogen (secondary N) is 1. The first-order chi connectivity index (χ1) is 8.20. The van der Waals surface area contributed by atoms with Crippen LogP contribution in [0.2, 0.25) is 0 Å². The van der Waals surface area contributed by atoms with Crippen LogP contribution in [0.4, 0.5) is 0 Å². The van der Waals surface area contributed by atoms with Crippen LogP contribution in [-0.2, 0) is 11.3 Å². The Balaban J connectivity index is 1.98. The van der Waals surface area contributed by atoms with E-state index in [0.29, 0.717) is 12.6 Å². The second-order valence-electron chi connectivity index (χ2n) is 6.35. The van der Waals surface area contributed by atoms with E-state index in [9.17, 15) is 0 Å². The molecule has 2 heterocycles. The van der Waals surface area contributed by atoms with E-state index in [-0.39, 0.29) is 11.2 Å². The van der Waals surface area contributed by atoms with Crippen LogP contribution in [0.1, 0.15) is 51.5 Å². The molecule has 1 aliphatic heterocycles. The Morgan fingerprint density at radius 1 is 1.28 bits per heavy atom. The number of aromatic nitrogens is 1. The number of hydrogen-bond donors (Lipinski definition) is 1. The predicted octanol–water partition coefficient (Wildman–Crippen LogP) is 2.73. The standard InChI is InChI=1S/C14H24N2O2/c1-9-10(2)17-12(16-9)8-15-11-7-13(3,4)18-14(11,5)6/h11,15H,7-8H2,1-6H3/t11-/m0/s1. The van der Waals surface area contributed by atoms with E-state index in [1.54, 1.807) is 0 Å². The van der Waals surface area contributed by atoms with Crippen molar-refractivity contribution in [2.75, 3.05) is 0 Å². The molecule has 0 unspecified atom stereocenters. The molecule has 1 N–H and O–H groups in total. The fourth-order valence-electron chi connectivity index (χ4n) is 2.71. The number of oxazole rings is 1. The Kier molecular flexibility index (Phi) is 3.28. The molecule has 0 amide bonds. The van der Waals surface area contributed by atoms with Crippen molar-refractivity contribution in [3.05, 3.63) is 17.3 Å². The van der Waals surface area contributed by atoms with E-state index in [2.05, 4.69) is 38.0 Å². The van der Waals surface area contributed by atoms with Gasteiger partial charge in [-0.3, -0.25) is 0 Å². The lowest BCUT2D eigenvalue weighted by molar-refractivity contribution is -0.0699. The number of rotatable bonds is 3. The van der Waals surface area contributed by atoms with Crippen LogP contribution in [0.15, 0.2) is 4.42 Å². The maximum Gasteiger partial charge on any atom is 0.208 e. The Bertz CT molecular complexity index is 416. The van der Waals surface area contributed by atoms with Crippen molar-refractivity contribution < 1.29 is 9.15 Å². The average Bonchev–Trinajstić information content (AvgIpc) is 2.61. The van der Waals surface area contributed by atoms with Gasteiger partial charge in [0.2, 0.25) is 5.89 Å². The molecule has 1 saturated heterocycles. The van der Waals surface area contributed by atoms with Crippen molar-refractivity contribution in [3.63, 3.8) is 0 Å². The Labute approximate surface area is 109 Å². The van der Waals surface area contributed by atoms with Crippen molar-refractivity contribution in [2.24, 2.45) is 0 Å². The zero-order chi connectivity index (χ0) is 13.6. The molecule has 0 bridgehead atoms. The highest BCUT2D eigenvalue weighted by atomic mass is 16.5. The summed E-state index contributed by atoms with van der Waals surface area (Å²) in [6, 6.07) is 0.319. The first kappa shape index (κ1) is 13.6. The lowest BCUT2D eigenvalue weighted by Crippen LogP contribution is -2.43. The van der Waals surface area contributed by atoms with Crippen LogP contribution in [0.25, 0.3) is 0 Å². The highest BCUT2D eigenvalue weighted by molar-refractivity contribution is 5.06. The summed E-state index contributed by atoms with van der Waals surface area (Å²) in [7, 11) is 0. The van der Waals surface area contributed by atoms with Gasteiger partial charge in [0.25, 0.3) is 0 Å². The molecular weight excluding hydrogens is 228 g/mol. The van der Waals surface area contributed by atoms with Crippen molar-refractivity contribution in [2.45, 2.75) is 71.8 Å². The minimum Gasteiger partial charge on any atom is -0.444 e. The van der Waals surface area contributed by atoms with Gasteiger partial charge in [-0.2, -0.15) is 0 Å². The molecule has 1 aromatic rings. The van der Waals surface area contributed by atoms with Gasteiger partial charge in [-0.25, -0.2) is 4.98 Å². The van der Waals surface area contributed by atoms with Gasteiger partial charge in [0.1, 0.15) is 5.76 Å². The molecule has 0 aliphatic carbocycles. The molecule has 0 saturated carbocycles. The van der Waals surface area contributed by atoms with E-state index in [4.69, 9.17) is 9.15 Å². The number of ether oxygens (including phenoxy) is 1. The van der Waals surface area contributed by atoms with Gasteiger partial charge < -0.3 is 14.5 Å². The monoisotopic (exact) mass is 252 g/mol. The lowest BCUT2D eigenvalue weighted by Gasteiger charge is -2.27. The summed E-state index contributed by atoms with van der Waals surface area (Å²) in [5, 5.41) is 3.50. The van der Waals surface area contributed by atoms with Crippen molar-refractivity contribution in [1.29, 1.82) is 0 Å². The molecule has 2 rings (SSSR count). The summed E-state index contributed by atoms with van der Waals surface area (Å²) in [6.45, 7) is 13.1. The van der Waals surface area contributed by atoms with Crippen molar-refractivity contribution in [3.8, 4) is 0 Å². The molecule has 18 heavy (non-hydrogen) atoms. The molecule has 0 spiro atoms. The fourth-order valence-corrected chi connectivity index (χ4v) is 2.71. The second kappa shape index (κ2) is 4.35. The Hall–Kier alpha value is -0.870. The molecule has 0 aromatic carbocycles. The first-order valence-corrected chi connectivity index (χ1v) is 6.56. The largest absolute Gasteiger partial charge is 0.444 e. The number of nitrogens with zero attached hydrogens (tertiary/aromatic N) is 1. The number of aryl methyl sites for hydroxylation is 2. The Morgan fingerprint density at radius 3 is 2.39 bits per heavy atom. The van der Waals surface area contributed by atoms with E-state index in [1.807, 2.05) is 13.8 Å². The normalized spacial score (nSPS) is 25.6. The van der Waals surface area contributed by atoms with Crippen molar-refractivity contribution in [1.82, 2.24) is 10.3 Å². The number of hydrogen-bond acceptors (Lipinski definition) is 4. The minimum atomic E-state index is -0.153. The summed E-state index contributed by atoms with van der Waals surface area (Å²) in [5.74, 6) is 1.65. The van der Waals surface area contributed by atoms with Crippen LogP contribution >= 0.6 is 0 Å². The molecule has 1 aliphatic rings. The summed E-state index contributed by atoms with van der Waals surface area (Å²) in [5.41, 5.74) is 0.748. The summed E-state index contributed by atoms with van der Waals surface area (Å²) in [6.07, 6.45) is 0.999. The van der Waals surface area contributed by atoms with Crippen LogP contribution in [0.3, 0.4) is 0 Å². The maximum atomic E-state index is 6.05. The third kappa shape index (κ3) is 2.75. The minimum absolute atomic E-state index is 0.0659. The highest BCUT2D eigenvalue weighted by Crippen LogP contribution is 2.37. The van der Waals surface area contributed by atoms with Gasteiger partial charge in [0.15, 0.2) is 0 Å². The van der Waals surface area contributed by atoms with Gasteiger partial charge in [0.05, 0.1) is 23.4 Å². The fraction of sp³-hybridized carbons (Fsp3) is 0.786. The quantitative estimate of drug-likeness (QED) is 0.898. The van der Waals surface area contributed by atoms with Crippen molar-refractivity contribution >= 4 is 0 Å². The van der Waals surface area contributed by atoms with Gasteiger partial charge >= 0.3 is 0 Å². The summed E-state index contributed by atoms with van der Waals surface area (Å²) in [4.78, 5) is 4.39. The van der Waals surface area contributed by atoms with E-state index < -0.39 is 0 Å². The molecule has 4 heteroatoms. The van der Waals surface area contributed by atoms with E-state index in [1.165, 1.54) is 0 Å². The first-order valence-electron chi connectivity index (χ1n) is 6.56. The third-order valence-corrected chi connectivity index (χ3v) is 3.65. The van der Waals surface area contributed by atoms with Gasteiger partial charge in [-0.05, 0) is 48.0 Å². The van der Waals surface area contributed by atoms with Crippen LogP contribution < -0.4 is 5.32 Å². The summed E-state index contributed by atoms with van der Waals surface area (Å²) >= 11 is 0. The topological polar surface area (TPSA) is 47.3 Å². The third-order valence-electron chi connectivity index (χ3n) is 3.65. The SMILES string of the molecule is Cc1nc(CN[C@H]2CC(C)(C)OC2(C)C)oc1C. The zero-order valence-corrected chi connectivity index (χ0v) is 12.3. The highest BCUT2D eigenvalue weighted by Gasteiger charge is 2.45. The predicted molar refractivity (Wildman–Crippen MR) is 70.5 cm³/mol. The van der Waals surface area contributed by atoms with E-state index in [0.717, 1.165) is 23.8 Å². The van der Waals surface area contributed by atoms with Crippen LogP contribution in [-0.4, -0.2) is 22.2 Å². The molecule has 4 nitrogen and oxygen atoms in total. The van der Waals surface area contributed by atoms with Crippen LogP contribution in [0, 0.1) is 13.8 Å². The molecule has 1 aromatic heterocycles. The maximum absolute atomic E-state index is 6.05. The molecular formula is C14H24N2O2. The van der Waals surface area contributed by atoms with Crippen LogP contribution in [0.5, 0.6) is 0 Å². The van der Waals surface area contributed by atoms with E-state index >= 15 is 0 Å². The Morgan fingerprint density at radius 2 is 1.94 bits per heavy atom. The smallest absolute Gasteiger partial charge is 0.208 e. The van der Waals surface area contributed by atoms with Gasteiger partial charge in [0, 0.05) is 6.04 Å². The molecule has 1 fully saturated rings. The molecule has 1 atom stereocenters. The molecule has 0 radical (unpaired) electrons. The van der Waals surface area contributed by atoms with Gasteiger partial charge in [-0.1, -0.05) is 0 Å². The second-order valence-corrected chi connectivity index (χ2v) is 6.35. The average molecular weight is 252 g/mol. The molecule has 102 valence electrons. The summed E-state index contributed by atoms with van der Waals surface area (Å²) < 4.78 is 11.6. The zero-order valence-electron chi connectivity index (χ0n) is 12.3. The lowest BCUT2D eigenvalue weighted by atomic mass is 9.94.